The molecule has 6 heteroatoms. The number of hydrogen-bond acceptors (Lipinski definition) is 3. The van der Waals surface area contributed by atoms with Gasteiger partial charge in [0.1, 0.15) is 11.3 Å². The van der Waals surface area contributed by atoms with Gasteiger partial charge in [0.25, 0.3) is 0 Å². The van der Waals surface area contributed by atoms with Gasteiger partial charge in [0.2, 0.25) is 11.8 Å². The highest BCUT2D eigenvalue weighted by atomic mass is 16.3. The van der Waals surface area contributed by atoms with Crippen molar-refractivity contribution in [1.29, 1.82) is 0 Å². The van der Waals surface area contributed by atoms with Crippen LogP contribution < -0.4 is 10.6 Å². The number of aromatic amines is 1. The maximum Gasteiger partial charge on any atom is 0.245 e. The van der Waals surface area contributed by atoms with E-state index >= 15 is 0 Å². The number of H-pyrrole nitrogens is 1. The van der Waals surface area contributed by atoms with Crippen molar-refractivity contribution in [3.05, 3.63) is 71.9 Å². The minimum Gasteiger partial charge on any atom is -0.508 e. The van der Waals surface area contributed by atoms with E-state index in [0.717, 1.165) is 22.0 Å². The van der Waals surface area contributed by atoms with Crippen molar-refractivity contribution >= 4 is 28.8 Å². The van der Waals surface area contributed by atoms with E-state index in [0.29, 0.717) is 13.0 Å². The number of para-hydroxylation sites is 1. The first-order valence-corrected chi connectivity index (χ1v) is 9.48. The summed E-state index contributed by atoms with van der Waals surface area (Å²) in [5.41, 5.74) is 1.94. The van der Waals surface area contributed by atoms with E-state index in [1.54, 1.807) is 44.2 Å². The second kappa shape index (κ2) is 8.65. The van der Waals surface area contributed by atoms with Gasteiger partial charge in [-0.05, 0) is 55.7 Å². The smallest absolute Gasteiger partial charge is 0.245 e. The van der Waals surface area contributed by atoms with Crippen LogP contribution in [-0.4, -0.2) is 34.0 Å². The van der Waals surface area contributed by atoms with Crippen LogP contribution in [0.5, 0.6) is 5.75 Å². The van der Waals surface area contributed by atoms with E-state index in [9.17, 15) is 14.7 Å². The van der Waals surface area contributed by atoms with Gasteiger partial charge in [0.15, 0.2) is 0 Å². The van der Waals surface area contributed by atoms with Crippen LogP contribution >= 0.6 is 0 Å². The number of carbonyl (C=O) groups is 2. The van der Waals surface area contributed by atoms with E-state index in [2.05, 4.69) is 15.6 Å². The third-order valence-corrected chi connectivity index (χ3v) is 4.68. The highest BCUT2D eigenvalue weighted by Crippen LogP contribution is 2.17. The Morgan fingerprint density at radius 3 is 2.59 bits per heavy atom. The van der Waals surface area contributed by atoms with Crippen LogP contribution in [0.3, 0.4) is 0 Å². The minimum atomic E-state index is -1.05. The van der Waals surface area contributed by atoms with E-state index in [4.69, 9.17) is 0 Å². The quantitative estimate of drug-likeness (QED) is 0.466. The lowest BCUT2D eigenvalue weighted by molar-refractivity contribution is -0.130. The number of phenolic OH excluding ortho intramolecular Hbond substituents is 1. The van der Waals surface area contributed by atoms with Gasteiger partial charge >= 0.3 is 0 Å². The molecule has 6 nitrogen and oxygen atoms in total. The molecule has 0 unspecified atom stereocenters. The van der Waals surface area contributed by atoms with Crippen molar-refractivity contribution in [3.8, 4) is 5.75 Å². The maximum absolute atomic E-state index is 12.5. The summed E-state index contributed by atoms with van der Waals surface area (Å²) in [6, 6.07) is 14.5. The third-order valence-electron chi connectivity index (χ3n) is 4.68. The zero-order valence-electron chi connectivity index (χ0n) is 16.5. The average molecular weight is 391 g/mol. The Hall–Kier alpha value is -3.54. The SMILES string of the molecule is CC(C)(NC(=O)/C=C/c1ccc(O)cc1)C(=O)NCCc1c[nH]c2ccccc12. The number of aromatic nitrogens is 1. The Balaban J connectivity index is 1.51. The molecule has 1 heterocycles. The molecular weight excluding hydrogens is 366 g/mol. The van der Waals surface area contributed by atoms with Crippen molar-refractivity contribution in [2.75, 3.05) is 6.54 Å². The summed E-state index contributed by atoms with van der Waals surface area (Å²) in [5.74, 6) is -0.448. The lowest BCUT2D eigenvalue weighted by Gasteiger charge is -2.24. The van der Waals surface area contributed by atoms with Gasteiger partial charge in [-0.15, -0.1) is 0 Å². The van der Waals surface area contributed by atoms with Crippen molar-refractivity contribution in [2.45, 2.75) is 25.8 Å². The molecule has 2 aromatic carbocycles. The summed E-state index contributed by atoms with van der Waals surface area (Å²) < 4.78 is 0. The molecule has 3 aromatic rings. The van der Waals surface area contributed by atoms with Crippen molar-refractivity contribution in [3.63, 3.8) is 0 Å². The first kappa shape index (κ1) is 20.2. The lowest BCUT2D eigenvalue weighted by Crippen LogP contribution is -2.54. The van der Waals surface area contributed by atoms with Crippen LogP contribution in [0, 0.1) is 0 Å². The summed E-state index contributed by atoms with van der Waals surface area (Å²) in [6.07, 6.45) is 5.64. The zero-order valence-corrected chi connectivity index (χ0v) is 16.5. The fourth-order valence-electron chi connectivity index (χ4n) is 3.03. The summed E-state index contributed by atoms with van der Waals surface area (Å²) in [4.78, 5) is 27.9. The van der Waals surface area contributed by atoms with Gasteiger partial charge in [-0.25, -0.2) is 0 Å². The summed E-state index contributed by atoms with van der Waals surface area (Å²) in [6.45, 7) is 3.81. The molecule has 0 aliphatic heterocycles. The standard InChI is InChI=1S/C23H25N3O3/c1-23(2,26-21(28)12-9-16-7-10-18(27)11-8-16)22(29)24-14-13-17-15-25-20-6-4-3-5-19(17)20/h3-12,15,25,27H,13-14H2,1-2H3,(H,24,29)(H,26,28)/b12-9+. The Morgan fingerprint density at radius 2 is 1.83 bits per heavy atom. The number of fused-ring (bicyclic) bond motifs is 1. The zero-order chi connectivity index (χ0) is 20.9. The summed E-state index contributed by atoms with van der Waals surface area (Å²) in [5, 5.41) is 16.0. The van der Waals surface area contributed by atoms with E-state index < -0.39 is 5.54 Å². The number of phenols is 1. The third kappa shape index (κ3) is 5.25. The molecule has 0 radical (unpaired) electrons. The Morgan fingerprint density at radius 1 is 1.10 bits per heavy atom. The highest BCUT2D eigenvalue weighted by molar-refractivity contribution is 5.97. The number of aromatic hydroxyl groups is 1. The maximum atomic E-state index is 12.5. The van der Waals surface area contributed by atoms with Crippen LogP contribution in [-0.2, 0) is 16.0 Å². The Kier molecular flexibility index (Phi) is 6.02. The molecule has 0 aliphatic rings. The Bertz CT molecular complexity index is 1030. The van der Waals surface area contributed by atoms with Gasteiger partial charge in [-0.3, -0.25) is 9.59 Å². The lowest BCUT2D eigenvalue weighted by atomic mass is 10.0. The van der Waals surface area contributed by atoms with Crippen LogP contribution in [0.15, 0.2) is 60.8 Å². The minimum absolute atomic E-state index is 0.164. The number of benzene rings is 2. The number of amides is 2. The first-order chi connectivity index (χ1) is 13.8. The van der Waals surface area contributed by atoms with Crippen molar-refractivity contribution in [1.82, 2.24) is 15.6 Å². The van der Waals surface area contributed by atoms with Crippen LogP contribution in [0.4, 0.5) is 0 Å². The van der Waals surface area contributed by atoms with Gasteiger partial charge in [0.05, 0.1) is 0 Å². The molecule has 0 spiro atoms. The predicted octanol–water partition coefficient (Wildman–Crippen LogP) is 3.14. The van der Waals surface area contributed by atoms with Crippen LogP contribution in [0.25, 0.3) is 17.0 Å². The molecule has 0 fully saturated rings. The predicted molar refractivity (Wildman–Crippen MR) is 114 cm³/mol. The summed E-state index contributed by atoms with van der Waals surface area (Å²) >= 11 is 0. The first-order valence-electron chi connectivity index (χ1n) is 9.48. The summed E-state index contributed by atoms with van der Waals surface area (Å²) in [7, 11) is 0. The highest BCUT2D eigenvalue weighted by Gasteiger charge is 2.28. The molecule has 1 aromatic heterocycles. The second-order valence-corrected chi connectivity index (χ2v) is 7.40. The molecule has 4 N–H and O–H groups in total. The Labute approximate surface area is 169 Å². The fraction of sp³-hybridized carbons (Fsp3) is 0.217. The molecule has 150 valence electrons. The van der Waals surface area contributed by atoms with E-state index in [1.165, 1.54) is 6.08 Å². The van der Waals surface area contributed by atoms with Crippen molar-refractivity contribution < 1.29 is 14.7 Å². The molecule has 3 rings (SSSR count). The number of nitrogens with one attached hydrogen (secondary N) is 3. The molecule has 0 saturated carbocycles. The molecule has 0 aliphatic carbocycles. The van der Waals surface area contributed by atoms with E-state index in [1.807, 2.05) is 30.5 Å². The number of rotatable bonds is 7. The molecule has 0 saturated heterocycles. The largest absolute Gasteiger partial charge is 0.508 e. The average Bonchev–Trinajstić information content (AvgIpc) is 3.10. The monoisotopic (exact) mass is 391 g/mol. The molecular formula is C23H25N3O3. The van der Waals surface area contributed by atoms with Gasteiger partial charge in [0, 0.05) is 29.7 Å². The normalized spacial score (nSPS) is 11.7. The van der Waals surface area contributed by atoms with E-state index in [-0.39, 0.29) is 17.6 Å². The number of carbonyl (C=O) groups excluding carboxylic acids is 2. The van der Waals surface area contributed by atoms with Crippen LogP contribution in [0.1, 0.15) is 25.0 Å². The second-order valence-electron chi connectivity index (χ2n) is 7.40. The van der Waals surface area contributed by atoms with Gasteiger partial charge < -0.3 is 20.7 Å². The van der Waals surface area contributed by atoms with Gasteiger partial charge in [-0.1, -0.05) is 30.3 Å². The molecule has 0 atom stereocenters. The molecule has 29 heavy (non-hydrogen) atoms. The van der Waals surface area contributed by atoms with Gasteiger partial charge in [-0.2, -0.15) is 0 Å². The molecule has 0 bridgehead atoms. The van der Waals surface area contributed by atoms with Crippen molar-refractivity contribution in [2.24, 2.45) is 0 Å². The number of hydrogen-bond donors (Lipinski definition) is 4. The molecule has 2 amide bonds. The topological polar surface area (TPSA) is 94.2 Å². The van der Waals surface area contributed by atoms with Crippen LogP contribution in [0.2, 0.25) is 0 Å². The fourth-order valence-corrected chi connectivity index (χ4v) is 3.03.